The predicted octanol–water partition coefficient (Wildman–Crippen LogP) is 1.62. The van der Waals surface area contributed by atoms with E-state index < -0.39 is 0 Å². The first-order valence-electron chi connectivity index (χ1n) is 7.21. The smallest absolute Gasteiger partial charge is 0.172 e. The molecule has 1 aliphatic heterocycles. The topological polar surface area (TPSA) is 65.1 Å². The molecule has 0 spiro atoms. The highest BCUT2D eigenvalue weighted by Gasteiger charge is 2.20. The van der Waals surface area contributed by atoms with Crippen LogP contribution in [0, 0.1) is 6.92 Å². The molecule has 0 atom stereocenters. The molecule has 0 aliphatic carbocycles. The van der Waals surface area contributed by atoms with E-state index >= 15 is 0 Å². The summed E-state index contributed by atoms with van der Waals surface area (Å²) in [7, 11) is 0. The molecule has 3 N–H and O–H groups in total. The van der Waals surface area contributed by atoms with Crippen molar-refractivity contribution < 1.29 is 5.21 Å². The summed E-state index contributed by atoms with van der Waals surface area (Å²) in [6.45, 7) is 9.53. The summed E-state index contributed by atoms with van der Waals surface area (Å²) >= 11 is 0. The van der Waals surface area contributed by atoms with Crippen LogP contribution in [0.4, 0.5) is 5.69 Å². The third-order valence-corrected chi connectivity index (χ3v) is 3.79. The molecular formula is C15H24N4O. The lowest BCUT2D eigenvalue weighted by atomic mass is 10.1. The first kappa shape index (κ1) is 14.7. The normalized spacial score (nSPS) is 17.5. The third-order valence-electron chi connectivity index (χ3n) is 3.79. The van der Waals surface area contributed by atoms with Crippen molar-refractivity contribution in [3.05, 3.63) is 29.3 Å². The molecule has 0 saturated carbocycles. The monoisotopic (exact) mass is 276 g/mol. The van der Waals surface area contributed by atoms with Crippen molar-refractivity contribution in [2.75, 3.05) is 37.6 Å². The Kier molecular flexibility index (Phi) is 4.84. The fourth-order valence-corrected chi connectivity index (χ4v) is 2.70. The Labute approximate surface area is 120 Å². The van der Waals surface area contributed by atoms with Gasteiger partial charge in [0.1, 0.15) is 0 Å². The molecule has 2 rings (SSSR count). The molecule has 0 aromatic heterocycles. The zero-order chi connectivity index (χ0) is 14.5. The van der Waals surface area contributed by atoms with E-state index in [1.165, 1.54) is 12.0 Å². The van der Waals surface area contributed by atoms with E-state index in [-0.39, 0.29) is 5.84 Å². The van der Waals surface area contributed by atoms with Gasteiger partial charge in [0.05, 0.1) is 0 Å². The molecule has 110 valence electrons. The number of piperazine rings is 1. The average Bonchev–Trinajstić information content (AvgIpc) is 2.47. The van der Waals surface area contributed by atoms with Crippen molar-refractivity contribution in [2.24, 2.45) is 10.9 Å². The number of amidine groups is 1. The summed E-state index contributed by atoms with van der Waals surface area (Å²) in [5, 5.41) is 12.1. The molecule has 1 aromatic rings. The number of hydrogen-bond acceptors (Lipinski definition) is 4. The van der Waals surface area contributed by atoms with E-state index in [9.17, 15) is 0 Å². The van der Waals surface area contributed by atoms with Gasteiger partial charge in [0, 0.05) is 37.4 Å². The van der Waals surface area contributed by atoms with Crippen LogP contribution in [0.5, 0.6) is 0 Å². The molecule has 0 unspecified atom stereocenters. The number of rotatable bonds is 4. The van der Waals surface area contributed by atoms with Gasteiger partial charge < -0.3 is 15.8 Å². The molecule has 0 amide bonds. The second kappa shape index (κ2) is 6.61. The van der Waals surface area contributed by atoms with Crippen LogP contribution in [0.2, 0.25) is 0 Å². The van der Waals surface area contributed by atoms with Crippen molar-refractivity contribution in [1.29, 1.82) is 0 Å². The fraction of sp³-hybridized carbons (Fsp3) is 0.533. The Morgan fingerprint density at radius 1 is 1.30 bits per heavy atom. The summed E-state index contributed by atoms with van der Waals surface area (Å²) in [6.07, 6.45) is 1.19. The maximum Gasteiger partial charge on any atom is 0.172 e. The molecule has 0 radical (unpaired) electrons. The standard InChI is InChI=1S/C15H24N4O/c1-3-6-18-7-9-19(10-8-18)14-11-12(2)4-5-13(14)15(16)17-20/h4-5,11,20H,3,6-10H2,1-2H3,(H2,16,17). The average molecular weight is 276 g/mol. The van der Waals surface area contributed by atoms with Crippen molar-refractivity contribution in [3.8, 4) is 0 Å². The van der Waals surface area contributed by atoms with Crippen LogP contribution in [0.1, 0.15) is 24.5 Å². The van der Waals surface area contributed by atoms with Crippen molar-refractivity contribution in [3.63, 3.8) is 0 Å². The molecule has 5 nitrogen and oxygen atoms in total. The minimum Gasteiger partial charge on any atom is -0.409 e. The van der Waals surface area contributed by atoms with Crippen LogP contribution in [0.3, 0.4) is 0 Å². The minimum atomic E-state index is 0.177. The maximum absolute atomic E-state index is 8.93. The summed E-state index contributed by atoms with van der Waals surface area (Å²) in [4.78, 5) is 4.81. The SMILES string of the molecule is CCCN1CCN(c2cc(C)ccc2C(N)=NO)CC1. The van der Waals surface area contributed by atoms with Gasteiger partial charge in [-0.2, -0.15) is 0 Å². The van der Waals surface area contributed by atoms with Gasteiger partial charge in [-0.05, 0) is 37.6 Å². The molecule has 1 saturated heterocycles. The zero-order valence-corrected chi connectivity index (χ0v) is 12.3. The largest absolute Gasteiger partial charge is 0.409 e. The summed E-state index contributed by atoms with van der Waals surface area (Å²) in [5.74, 6) is 0.177. The number of hydrogen-bond donors (Lipinski definition) is 2. The highest BCUT2D eigenvalue weighted by Crippen LogP contribution is 2.23. The molecule has 1 fully saturated rings. The lowest BCUT2D eigenvalue weighted by molar-refractivity contribution is 0.258. The second-order valence-corrected chi connectivity index (χ2v) is 5.33. The fourth-order valence-electron chi connectivity index (χ4n) is 2.70. The third kappa shape index (κ3) is 3.22. The van der Waals surface area contributed by atoms with E-state index in [0.717, 1.165) is 44.0 Å². The molecule has 5 heteroatoms. The molecular weight excluding hydrogens is 252 g/mol. The Balaban J connectivity index is 2.18. The number of oxime groups is 1. The highest BCUT2D eigenvalue weighted by molar-refractivity contribution is 6.02. The molecule has 1 aliphatic rings. The summed E-state index contributed by atoms with van der Waals surface area (Å²) in [5.41, 5.74) is 8.85. The van der Waals surface area contributed by atoms with Crippen molar-refractivity contribution in [1.82, 2.24) is 4.90 Å². The lowest BCUT2D eigenvalue weighted by Gasteiger charge is -2.37. The van der Waals surface area contributed by atoms with Gasteiger partial charge in [-0.3, -0.25) is 4.90 Å². The van der Waals surface area contributed by atoms with Gasteiger partial charge in [-0.25, -0.2) is 0 Å². The number of aryl methyl sites for hydroxylation is 1. The number of nitrogens with zero attached hydrogens (tertiary/aromatic N) is 3. The quantitative estimate of drug-likeness (QED) is 0.380. The highest BCUT2D eigenvalue weighted by atomic mass is 16.4. The van der Waals surface area contributed by atoms with E-state index in [4.69, 9.17) is 10.9 Å². The van der Waals surface area contributed by atoms with Gasteiger partial charge in [-0.15, -0.1) is 0 Å². The summed E-state index contributed by atoms with van der Waals surface area (Å²) < 4.78 is 0. The van der Waals surface area contributed by atoms with Crippen LogP contribution < -0.4 is 10.6 Å². The van der Waals surface area contributed by atoms with Crippen molar-refractivity contribution >= 4 is 11.5 Å². The van der Waals surface area contributed by atoms with Crippen LogP contribution in [-0.4, -0.2) is 48.7 Å². The van der Waals surface area contributed by atoms with E-state index in [2.05, 4.69) is 34.9 Å². The van der Waals surface area contributed by atoms with Gasteiger partial charge in [0.25, 0.3) is 0 Å². The number of benzene rings is 1. The van der Waals surface area contributed by atoms with Crippen LogP contribution in [0.15, 0.2) is 23.4 Å². The Hall–Kier alpha value is -1.75. The van der Waals surface area contributed by atoms with E-state index in [0.29, 0.717) is 0 Å². The predicted molar refractivity (Wildman–Crippen MR) is 82.6 cm³/mol. The van der Waals surface area contributed by atoms with E-state index in [1.54, 1.807) is 0 Å². The van der Waals surface area contributed by atoms with Crippen LogP contribution >= 0.6 is 0 Å². The second-order valence-electron chi connectivity index (χ2n) is 5.33. The van der Waals surface area contributed by atoms with Crippen LogP contribution in [0.25, 0.3) is 0 Å². The van der Waals surface area contributed by atoms with Gasteiger partial charge in [0.2, 0.25) is 0 Å². The number of anilines is 1. The maximum atomic E-state index is 8.93. The first-order chi connectivity index (χ1) is 9.65. The zero-order valence-electron chi connectivity index (χ0n) is 12.3. The molecule has 20 heavy (non-hydrogen) atoms. The molecule has 1 aromatic carbocycles. The summed E-state index contributed by atoms with van der Waals surface area (Å²) in [6, 6.07) is 6.03. The number of nitrogens with two attached hydrogens (primary N) is 1. The van der Waals surface area contributed by atoms with Gasteiger partial charge in [0.15, 0.2) is 5.84 Å². The Morgan fingerprint density at radius 2 is 2.00 bits per heavy atom. The van der Waals surface area contributed by atoms with Gasteiger partial charge >= 0.3 is 0 Å². The van der Waals surface area contributed by atoms with Crippen LogP contribution in [-0.2, 0) is 0 Å². The Bertz CT molecular complexity index is 479. The molecule has 1 heterocycles. The minimum absolute atomic E-state index is 0.177. The van der Waals surface area contributed by atoms with Crippen molar-refractivity contribution in [2.45, 2.75) is 20.3 Å². The molecule has 0 bridgehead atoms. The lowest BCUT2D eigenvalue weighted by Crippen LogP contribution is -2.47. The van der Waals surface area contributed by atoms with E-state index in [1.807, 2.05) is 12.1 Å². The van der Waals surface area contributed by atoms with Gasteiger partial charge in [-0.1, -0.05) is 18.1 Å². The first-order valence-corrected chi connectivity index (χ1v) is 7.21. The Morgan fingerprint density at radius 3 is 2.60 bits per heavy atom.